The molecule has 0 heterocycles. The lowest BCUT2D eigenvalue weighted by Crippen LogP contribution is -2.24. The highest BCUT2D eigenvalue weighted by Crippen LogP contribution is 2.22. The van der Waals surface area contributed by atoms with Gasteiger partial charge in [0, 0.05) is 16.7 Å². The first-order valence-corrected chi connectivity index (χ1v) is 7.11. The van der Waals surface area contributed by atoms with Crippen molar-refractivity contribution in [2.45, 2.75) is 37.5 Å². The summed E-state index contributed by atoms with van der Waals surface area (Å²) in [5.41, 5.74) is 1.17. The smallest absolute Gasteiger partial charge is 0.319 e. The molecule has 100 valence electrons. The average Bonchev–Trinajstić information content (AvgIpc) is 2.31. The Labute approximate surface area is 113 Å². The van der Waals surface area contributed by atoms with Gasteiger partial charge in [-0.05, 0) is 24.6 Å². The first-order valence-electron chi connectivity index (χ1n) is 6.23. The second-order valence-electron chi connectivity index (χ2n) is 4.22. The number of hydrogen-bond acceptors (Lipinski definition) is 4. The van der Waals surface area contributed by atoms with Crippen molar-refractivity contribution in [2.75, 3.05) is 13.2 Å². The molecule has 0 aliphatic carbocycles. The summed E-state index contributed by atoms with van der Waals surface area (Å²) in [6.07, 6.45) is 0. The molecule has 0 aliphatic rings. The molecular formula is C14H21NO2S. The zero-order chi connectivity index (χ0) is 13.4. The molecule has 0 aromatic heterocycles. The summed E-state index contributed by atoms with van der Waals surface area (Å²) >= 11 is 1.85. The minimum atomic E-state index is -0.204. The zero-order valence-corrected chi connectivity index (χ0v) is 12.0. The topological polar surface area (TPSA) is 38.3 Å². The van der Waals surface area contributed by atoms with Gasteiger partial charge in [-0.3, -0.25) is 4.79 Å². The zero-order valence-electron chi connectivity index (χ0n) is 11.2. The number of carbonyl (C=O) groups is 1. The minimum Gasteiger partial charge on any atom is -0.465 e. The van der Waals surface area contributed by atoms with Gasteiger partial charge in [0.25, 0.3) is 0 Å². The maximum atomic E-state index is 11.1. The molecule has 0 aliphatic heterocycles. The van der Waals surface area contributed by atoms with E-state index in [1.165, 1.54) is 10.5 Å². The number of carbonyl (C=O) groups excluding carboxylic acids is 1. The van der Waals surface area contributed by atoms with Crippen LogP contribution in [0.15, 0.2) is 29.2 Å². The number of nitrogens with one attached hydrogen (secondary N) is 1. The van der Waals surface area contributed by atoms with Crippen molar-refractivity contribution < 1.29 is 9.53 Å². The highest BCUT2D eigenvalue weighted by atomic mass is 32.2. The minimum absolute atomic E-state index is 0.204. The van der Waals surface area contributed by atoms with E-state index < -0.39 is 0 Å². The second-order valence-corrected chi connectivity index (χ2v) is 5.87. The van der Waals surface area contributed by atoms with Crippen molar-refractivity contribution in [3.8, 4) is 0 Å². The van der Waals surface area contributed by atoms with Gasteiger partial charge in [-0.15, -0.1) is 11.8 Å². The summed E-state index contributed by atoms with van der Waals surface area (Å²) in [6.45, 7) is 7.55. The van der Waals surface area contributed by atoms with E-state index in [4.69, 9.17) is 4.74 Å². The van der Waals surface area contributed by atoms with Crippen LogP contribution in [0.4, 0.5) is 0 Å². The first-order chi connectivity index (χ1) is 8.61. The SMILES string of the molecule is CCOC(=O)CNCc1ccc(SC(C)C)cc1. The molecule has 1 aromatic rings. The van der Waals surface area contributed by atoms with Gasteiger partial charge < -0.3 is 10.1 Å². The standard InChI is InChI=1S/C14H21NO2S/c1-4-17-14(16)10-15-9-12-5-7-13(8-6-12)18-11(2)3/h5-8,11,15H,4,9-10H2,1-3H3. The lowest BCUT2D eigenvalue weighted by atomic mass is 10.2. The van der Waals surface area contributed by atoms with E-state index in [0.717, 1.165) is 0 Å². The van der Waals surface area contributed by atoms with Gasteiger partial charge in [0.1, 0.15) is 0 Å². The van der Waals surface area contributed by atoms with E-state index in [2.05, 4.69) is 43.4 Å². The summed E-state index contributed by atoms with van der Waals surface area (Å²) in [5, 5.41) is 3.66. The molecule has 0 amide bonds. The summed E-state index contributed by atoms with van der Waals surface area (Å²) in [5.74, 6) is -0.204. The molecular weight excluding hydrogens is 246 g/mol. The maximum absolute atomic E-state index is 11.1. The van der Waals surface area contributed by atoms with Gasteiger partial charge in [-0.1, -0.05) is 26.0 Å². The van der Waals surface area contributed by atoms with Crippen LogP contribution in [-0.2, 0) is 16.1 Å². The number of rotatable bonds is 7. The lowest BCUT2D eigenvalue weighted by Gasteiger charge is -2.07. The molecule has 4 heteroatoms. The lowest BCUT2D eigenvalue weighted by molar-refractivity contribution is -0.142. The van der Waals surface area contributed by atoms with E-state index in [1.54, 1.807) is 0 Å². The Morgan fingerprint density at radius 3 is 2.56 bits per heavy atom. The molecule has 0 saturated carbocycles. The van der Waals surface area contributed by atoms with Crippen molar-refractivity contribution in [1.29, 1.82) is 0 Å². The highest BCUT2D eigenvalue weighted by Gasteiger charge is 2.01. The molecule has 18 heavy (non-hydrogen) atoms. The molecule has 0 bridgehead atoms. The summed E-state index contributed by atoms with van der Waals surface area (Å²) in [4.78, 5) is 12.4. The van der Waals surface area contributed by atoms with Gasteiger partial charge in [0.15, 0.2) is 0 Å². The van der Waals surface area contributed by atoms with Gasteiger partial charge in [-0.2, -0.15) is 0 Å². The molecule has 1 rings (SSSR count). The fraction of sp³-hybridized carbons (Fsp3) is 0.500. The molecule has 0 atom stereocenters. The van der Waals surface area contributed by atoms with Gasteiger partial charge in [0.05, 0.1) is 13.2 Å². The summed E-state index contributed by atoms with van der Waals surface area (Å²) in [6, 6.07) is 8.41. The van der Waals surface area contributed by atoms with E-state index >= 15 is 0 Å². The third kappa shape index (κ3) is 6.07. The molecule has 1 aromatic carbocycles. The number of ether oxygens (including phenoxy) is 1. The normalized spacial score (nSPS) is 10.7. The Morgan fingerprint density at radius 1 is 1.33 bits per heavy atom. The van der Waals surface area contributed by atoms with Crippen molar-refractivity contribution in [2.24, 2.45) is 0 Å². The molecule has 0 spiro atoms. The monoisotopic (exact) mass is 267 g/mol. The van der Waals surface area contributed by atoms with Crippen LogP contribution in [0, 0.1) is 0 Å². The maximum Gasteiger partial charge on any atom is 0.319 e. The number of esters is 1. The quantitative estimate of drug-likeness (QED) is 0.609. The first kappa shape index (κ1) is 15.1. The van der Waals surface area contributed by atoms with Crippen molar-refractivity contribution in [1.82, 2.24) is 5.32 Å². The average molecular weight is 267 g/mol. The second kappa shape index (κ2) is 8.16. The molecule has 0 fully saturated rings. The van der Waals surface area contributed by atoms with Crippen LogP contribution in [0.1, 0.15) is 26.3 Å². The molecule has 3 nitrogen and oxygen atoms in total. The molecule has 0 saturated heterocycles. The summed E-state index contributed by atoms with van der Waals surface area (Å²) < 4.78 is 4.84. The Morgan fingerprint density at radius 2 is 2.00 bits per heavy atom. The fourth-order valence-corrected chi connectivity index (χ4v) is 2.32. The Hall–Kier alpha value is -1.00. The van der Waals surface area contributed by atoms with E-state index in [9.17, 15) is 4.79 Å². The summed E-state index contributed by atoms with van der Waals surface area (Å²) in [7, 11) is 0. The van der Waals surface area contributed by atoms with Crippen molar-refractivity contribution in [3.63, 3.8) is 0 Å². The Balaban J connectivity index is 2.33. The third-order valence-electron chi connectivity index (χ3n) is 2.20. The Bertz CT molecular complexity index is 363. The van der Waals surface area contributed by atoms with Crippen molar-refractivity contribution >= 4 is 17.7 Å². The molecule has 1 N–H and O–H groups in total. The van der Waals surface area contributed by atoms with Gasteiger partial charge in [0.2, 0.25) is 0 Å². The van der Waals surface area contributed by atoms with Crippen LogP contribution in [-0.4, -0.2) is 24.4 Å². The van der Waals surface area contributed by atoms with E-state index in [0.29, 0.717) is 18.4 Å². The number of thioether (sulfide) groups is 1. The van der Waals surface area contributed by atoms with Gasteiger partial charge in [-0.25, -0.2) is 0 Å². The predicted octanol–water partition coefficient (Wildman–Crippen LogP) is 2.84. The fourth-order valence-electron chi connectivity index (χ4n) is 1.48. The molecule has 0 radical (unpaired) electrons. The van der Waals surface area contributed by atoms with Crippen molar-refractivity contribution in [3.05, 3.63) is 29.8 Å². The van der Waals surface area contributed by atoms with E-state index in [1.807, 2.05) is 18.7 Å². The van der Waals surface area contributed by atoms with Crippen LogP contribution < -0.4 is 5.32 Å². The van der Waals surface area contributed by atoms with Gasteiger partial charge >= 0.3 is 5.97 Å². The molecule has 0 unspecified atom stereocenters. The van der Waals surface area contributed by atoms with Crippen LogP contribution in [0.5, 0.6) is 0 Å². The van der Waals surface area contributed by atoms with Crippen LogP contribution in [0.3, 0.4) is 0 Å². The largest absolute Gasteiger partial charge is 0.465 e. The van der Waals surface area contributed by atoms with Crippen LogP contribution >= 0.6 is 11.8 Å². The Kier molecular flexibility index (Phi) is 6.83. The highest BCUT2D eigenvalue weighted by molar-refractivity contribution is 7.99. The number of hydrogen-bond donors (Lipinski definition) is 1. The van der Waals surface area contributed by atoms with Crippen LogP contribution in [0.2, 0.25) is 0 Å². The number of benzene rings is 1. The predicted molar refractivity (Wildman–Crippen MR) is 75.8 cm³/mol. The van der Waals surface area contributed by atoms with E-state index in [-0.39, 0.29) is 12.5 Å². The third-order valence-corrected chi connectivity index (χ3v) is 3.21. The van der Waals surface area contributed by atoms with Crippen LogP contribution in [0.25, 0.3) is 0 Å².